The Balaban J connectivity index is 1.89. The van der Waals surface area contributed by atoms with E-state index in [9.17, 15) is 4.79 Å². The number of likely N-dealkylation sites (tertiary alicyclic amines) is 1. The molecule has 1 fully saturated rings. The zero-order valence-electron chi connectivity index (χ0n) is 11.2. The van der Waals surface area contributed by atoms with Gasteiger partial charge in [-0.15, -0.1) is 0 Å². The smallest absolute Gasteiger partial charge is 0.254 e. The van der Waals surface area contributed by atoms with Gasteiger partial charge in [0.05, 0.1) is 6.04 Å². The first-order valence-electron chi connectivity index (χ1n) is 6.75. The second kappa shape index (κ2) is 4.92. The monoisotopic (exact) mass is 270 g/mol. The molecule has 20 heavy (non-hydrogen) atoms. The van der Waals surface area contributed by atoms with Crippen LogP contribution in [-0.4, -0.2) is 22.3 Å². The fourth-order valence-corrected chi connectivity index (χ4v) is 2.85. The normalized spacial score (nSPS) is 18.4. The number of aromatic nitrogens is 1. The minimum Gasteiger partial charge on any atom is -0.399 e. The van der Waals surface area contributed by atoms with E-state index in [1.807, 2.05) is 23.2 Å². The molecule has 2 heterocycles. The molecule has 1 saturated heterocycles. The minimum absolute atomic E-state index is 0.0129. The van der Waals surface area contributed by atoms with E-state index in [-0.39, 0.29) is 11.9 Å². The molecule has 104 valence electrons. The second-order valence-electron chi connectivity index (χ2n) is 5.17. The SMILES string of the molecule is Nc1cc(N)cc(C(=O)N2CCCC2c2ccc[nH]2)c1. The van der Waals surface area contributed by atoms with E-state index in [0.29, 0.717) is 16.9 Å². The number of amides is 1. The van der Waals surface area contributed by atoms with Crippen LogP contribution in [0.2, 0.25) is 0 Å². The number of benzene rings is 1. The van der Waals surface area contributed by atoms with Crippen LogP contribution in [0.25, 0.3) is 0 Å². The van der Waals surface area contributed by atoms with Crippen LogP contribution in [0.3, 0.4) is 0 Å². The molecule has 0 bridgehead atoms. The summed E-state index contributed by atoms with van der Waals surface area (Å²) >= 11 is 0. The zero-order valence-corrected chi connectivity index (χ0v) is 11.2. The molecule has 1 aromatic carbocycles. The highest BCUT2D eigenvalue weighted by Crippen LogP contribution is 2.32. The third-order valence-electron chi connectivity index (χ3n) is 3.72. The molecule has 1 aromatic heterocycles. The summed E-state index contributed by atoms with van der Waals surface area (Å²) in [7, 11) is 0. The molecule has 1 unspecified atom stereocenters. The predicted molar refractivity (Wildman–Crippen MR) is 79.1 cm³/mol. The first-order chi connectivity index (χ1) is 9.65. The molecule has 5 N–H and O–H groups in total. The van der Waals surface area contributed by atoms with Gasteiger partial charge in [-0.3, -0.25) is 4.79 Å². The van der Waals surface area contributed by atoms with E-state index in [0.717, 1.165) is 25.1 Å². The molecular weight excluding hydrogens is 252 g/mol. The van der Waals surface area contributed by atoms with E-state index < -0.39 is 0 Å². The van der Waals surface area contributed by atoms with Crippen molar-refractivity contribution in [3.8, 4) is 0 Å². The quantitative estimate of drug-likeness (QED) is 0.731. The Labute approximate surface area is 117 Å². The van der Waals surface area contributed by atoms with E-state index >= 15 is 0 Å². The maximum absolute atomic E-state index is 12.7. The van der Waals surface area contributed by atoms with Gasteiger partial charge in [-0.05, 0) is 43.2 Å². The van der Waals surface area contributed by atoms with E-state index in [4.69, 9.17) is 11.5 Å². The third-order valence-corrected chi connectivity index (χ3v) is 3.72. The first kappa shape index (κ1) is 12.6. The number of nitrogens with two attached hydrogens (primary N) is 2. The summed E-state index contributed by atoms with van der Waals surface area (Å²) in [5.41, 5.74) is 14.2. The molecule has 3 rings (SSSR count). The van der Waals surface area contributed by atoms with Crippen molar-refractivity contribution < 1.29 is 4.79 Å². The number of nitrogens with zero attached hydrogens (tertiary/aromatic N) is 1. The Hall–Kier alpha value is -2.43. The number of H-pyrrole nitrogens is 1. The molecule has 0 aliphatic carbocycles. The predicted octanol–water partition coefficient (Wildman–Crippen LogP) is 2.16. The molecule has 1 aliphatic heterocycles. The van der Waals surface area contributed by atoms with Gasteiger partial charge >= 0.3 is 0 Å². The van der Waals surface area contributed by atoms with Crippen molar-refractivity contribution in [2.45, 2.75) is 18.9 Å². The van der Waals surface area contributed by atoms with Crippen molar-refractivity contribution in [3.05, 3.63) is 47.8 Å². The molecule has 0 saturated carbocycles. The molecule has 2 aromatic rings. The molecule has 1 atom stereocenters. The van der Waals surface area contributed by atoms with Gasteiger partial charge in [0.15, 0.2) is 0 Å². The highest BCUT2D eigenvalue weighted by molar-refractivity contribution is 5.96. The van der Waals surface area contributed by atoms with Crippen molar-refractivity contribution >= 4 is 17.3 Å². The number of hydrogen-bond acceptors (Lipinski definition) is 3. The van der Waals surface area contributed by atoms with Crippen LogP contribution in [0.5, 0.6) is 0 Å². The lowest BCUT2D eigenvalue weighted by Gasteiger charge is -2.24. The Kier molecular flexibility index (Phi) is 3.10. The largest absolute Gasteiger partial charge is 0.399 e. The van der Waals surface area contributed by atoms with Gasteiger partial charge < -0.3 is 21.4 Å². The third kappa shape index (κ3) is 2.22. The lowest BCUT2D eigenvalue weighted by molar-refractivity contribution is 0.0733. The van der Waals surface area contributed by atoms with Crippen LogP contribution in [0.15, 0.2) is 36.5 Å². The van der Waals surface area contributed by atoms with Gasteiger partial charge in [0, 0.05) is 35.4 Å². The maximum atomic E-state index is 12.7. The van der Waals surface area contributed by atoms with E-state index in [1.165, 1.54) is 0 Å². The first-order valence-corrected chi connectivity index (χ1v) is 6.75. The number of nitrogens with one attached hydrogen (secondary N) is 1. The fourth-order valence-electron chi connectivity index (χ4n) is 2.85. The molecule has 0 radical (unpaired) electrons. The Morgan fingerprint density at radius 2 is 2.00 bits per heavy atom. The average Bonchev–Trinajstić information content (AvgIpc) is 3.07. The van der Waals surface area contributed by atoms with Crippen LogP contribution < -0.4 is 11.5 Å². The van der Waals surface area contributed by atoms with Crippen molar-refractivity contribution in [3.63, 3.8) is 0 Å². The molecule has 5 nitrogen and oxygen atoms in total. The maximum Gasteiger partial charge on any atom is 0.254 e. The van der Waals surface area contributed by atoms with Crippen LogP contribution in [0.4, 0.5) is 11.4 Å². The Bertz CT molecular complexity index is 601. The summed E-state index contributed by atoms with van der Waals surface area (Å²) in [4.78, 5) is 17.7. The number of aromatic amines is 1. The Morgan fingerprint density at radius 3 is 2.65 bits per heavy atom. The van der Waals surface area contributed by atoms with Crippen molar-refractivity contribution in [2.24, 2.45) is 0 Å². The average molecular weight is 270 g/mol. The van der Waals surface area contributed by atoms with Crippen molar-refractivity contribution in [1.82, 2.24) is 9.88 Å². The van der Waals surface area contributed by atoms with Gasteiger partial charge in [0.25, 0.3) is 5.91 Å². The molecule has 1 amide bonds. The highest BCUT2D eigenvalue weighted by atomic mass is 16.2. The number of hydrogen-bond donors (Lipinski definition) is 3. The summed E-state index contributed by atoms with van der Waals surface area (Å²) in [6, 6.07) is 9.10. The Morgan fingerprint density at radius 1 is 1.25 bits per heavy atom. The standard InChI is InChI=1S/C15H18N4O/c16-11-7-10(8-12(17)9-11)15(20)19-6-2-4-14(19)13-3-1-5-18-13/h1,3,5,7-9,14,18H,2,4,6,16-17H2. The fraction of sp³-hybridized carbons (Fsp3) is 0.267. The van der Waals surface area contributed by atoms with Gasteiger partial charge in [-0.25, -0.2) is 0 Å². The number of rotatable bonds is 2. The van der Waals surface area contributed by atoms with E-state index in [1.54, 1.807) is 18.2 Å². The summed E-state index contributed by atoms with van der Waals surface area (Å²) in [6.45, 7) is 0.761. The van der Waals surface area contributed by atoms with Gasteiger partial charge in [0.2, 0.25) is 0 Å². The van der Waals surface area contributed by atoms with Crippen molar-refractivity contribution in [1.29, 1.82) is 0 Å². The molecule has 1 aliphatic rings. The minimum atomic E-state index is -0.0129. The van der Waals surface area contributed by atoms with Crippen LogP contribution in [0.1, 0.15) is 34.9 Å². The number of carbonyl (C=O) groups excluding carboxylic acids is 1. The van der Waals surface area contributed by atoms with Crippen LogP contribution >= 0.6 is 0 Å². The van der Waals surface area contributed by atoms with E-state index in [2.05, 4.69) is 4.98 Å². The lowest BCUT2D eigenvalue weighted by atomic mass is 10.1. The number of anilines is 2. The van der Waals surface area contributed by atoms with Gasteiger partial charge in [-0.2, -0.15) is 0 Å². The van der Waals surface area contributed by atoms with Crippen molar-refractivity contribution in [2.75, 3.05) is 18.0 Å². The summed E-state index contributed by atoms with van der Waals surface area (Å²) in [5.74, 6) is -0.0129. The number of nitrogen functional groups attached to an aromatic ring is 2. The summed E-state index contributed by atoms with van der Waals surface area (Å²) in [6.07, 6.45) is 3.87. The molecule has 0 spiro atoms. The highest BCUT2D eigenvalue weighted by Gasteiger charge is 2.31. The lowest BCUT2D eigenvalue weighted by Crippen LogP contribution is -2.30. The zero-order chi connectivity index (χ0) is 14.1. The van der Waals surface area contributed by atoms with Crippen LogP contribution in [0, 0.1) is 0 Å². The molecular formula is C15H18N4O. The summed E-state index contributed by atoms with van der Waals surface area (Å²) in [5, 5.41) is 0. The second-order valence-corrected chi connectivity index (χ2v) is 5.17. The number of carbonyl (C=O) groups is 1. The summed E-state index contributed by atoms with van der Waals surface area (Å²) < 4.78 is 0. The van der Waals surface area contributed by atoms with Gasteiger partial charge in [-0.1, -0.05) is 0 Å². The van der Waals surface area contributed by atoms with Crippen LogP contribution in [-0.2, 0) is 0 Å². The van der Waals surface area contributed by atoms with Gasteiger partial charge in [0.1, 0.15) is 0 Å². The molecule has 5 heteroatoms. The topological polar surface area (TPSA) is 88.1 Å².